The molecule has 1 aliphatic rings. The first kappa shape index (κ1) is 11.8. The molecule has 2 aromatic rings. The molecule has 0 bridgehead atoms. The molecule has 0 atom stereocenters. The topological polar surface area (TPSA) is 85.8 Å². The van der Waals surface area contributed by atoms with Gasteiger partial charge in [-0.15, -0.1) is 0 Å². The number of halogens is 2. The summed E-state index contributed by atoms with van der Waals surface area (Å²) < 4.78 is 30.9. The summed E-state index contributed by atoms with van der Waals surface area (Å²) >= 11 is 0. The molecule has 0 aromatic carbocycles. The molecule has 1 fully saturated rings. The van der Waals surface area contributed by atoms with E-state index in [1.54, 1.807) is 0 Å². The Morgan fingerprint density at radius 2 is 2.26 bits per heavy atom. The number of tetrazole rings is 1. The van der Waals surface area contributed by atoms with Gasteiger partial charge in [0.25, 0.3) is 12.3 Å². The van der Waals surface area contributed by atoms with Crippen molar-refractivity contribution in [3.05, 3.63) is 23.7 Å². The monoisotopic (exact) mass is 269 g/mol. The predicted molar refractivity (Wildman–Crippen MR) is 57.7 cm³/mol. The number of amides is 1. The third kappa shape index (κ3) is 2.30. The van der Waals surface area contributed by atoms with Gasteiger partial charge in [-0.05, 0) is 35.4 Å². The molecule has 1 aliphatic carbocycles. The van der Waals surface area contributed by atoms with E-state index in [4.69, 9.17) is 4.42 Å². The maximum Gasteiger partial charge on any atom is 0.295 e. The summed E-state index contributed by atoms with van der Waals surface area (Å²) in [6, 6.07) is 2.43. The minimum Gasteiger partial charge on any atom is -0.450 e. The number of carbonyl (C=O) groups excluding carboxylic acids is 1. The van der Waals surface area contributed by atoms with Crippen molar-refractivity contribution in [3.8, 4) is 0 Å². The number of hydrogen-bond donors (Lipinski definition) is 1. The molecule has 0 spiro atoms. The lowest BCUT2D eigenvalue weighted by atomic mass is 10.4. The highest BCUT2D eigenvalue weighted by Crippen LogP contribution is 2.35. The standard InChI is InChI=1S/C10H9F2N5O2/c11-8(12)6-3-4-7(19-6)9(18)13-10-14-15-16-17(10)5-1-2-5/h3-5,8H,1-2H2,(H,13,14,16,18). The van der Waals surface area contributed by atoms with Gasteiger partial charge in [0.05, 0.1) is 6.04 Å². The number of nitrogens with zero attached hydrogens (tertiary/aromatic N) is 4. The quantitative estimate of drug-likeness (QED) is 0.914. The first-order valence-electron chi connectivity index (χ1n) is 5.62. The van der Waals surface area contributed by atoms with E-state index in [1.165, 1.54) is 10.7 Å². The highest BCUT2D eigenvalue weighted by Gasteiger charge is 2.29. The lowest BCUT2D eigenvalue weighted by molar-refractivity contribution is 0.0963. The van der Waals surface area contributed by atoms with Gasteiger partial charge >= 0.3 is 0 Å². The summed E-state index contributed by atoms with van der Waals surface area (Å²) in [5, 5.41) is 13.3. The number of nitrogens with one attached hydrogen (secondary N) is 1. The SMILES string of the molecule is O=C(Nc1nnnn1C1CC1)c1ccc(C(F)F)o1. The van der Waals surface area contributed by atoms with Gasteiger partial charge in [-0.3, -0.25) is 10.1 Å². The fraction of sp³-hybridized carbons (Fsp3) is 0.400. The smallest absolute Gasteiger partial charge is 0.295 e. The molecule has 7 nitrogen and oxygen atoms in total. The van der Waals surface area contributed by atoms with E-state index in [0.29, 0.717) is 0 Å². The van der Waals surface area contributed by atoms with Crippen LogP contribution < -0.4 is 5.32 Å². The second-order valence-electron chi connectivity index (χ2n) is 4.14. The predicted octanol–water partition coefficient (Wildman–Crippen LogP) is 1.79. The molecule has 0 radical (unpaired) electrons. The zero-order valence-corrected chi connectivity index (χ0v) is 9.58. The normalized spacial score (nSPS) is 14.9. The van der Waals surface area contributed by atoms with Crippen molar-refractivity contribution < 1.29 is 18.0 Å². The molecule has 1 amide bonds. The van der Waals surface area contributed by atoms with Crippen LogP contribution in [0.1, 0.15) is 41.6 Å². The molecule has 19 heavy (non-hydrogen) atoms. The fourth-order valence-corrected chi connectivity index (χ4v) is 1.60. The molecule has 0 unspecified atom stereocenters. The minimum absolute atomic E-state index is 0.183. The van der Waals surface area contributed by atoms with Gasteiger partial charge in [-0.25, -0.2) is 13.5 Å². The zero-order chi connectivity index (χ0) is 13.4. The summed E-state index contributed by atoms with van der Waals surface area (Å²) in [4.78, 5) is 11.8. The molecule has 1 saturated carbocycles. The molecule has 0 saturated heterocycles. The van der Waals surface area contributed by atoms with Gasteiger partial charge in [-0.1, -0.05) is 5.10 Å². The van der Waals surface area contributed by atoms with E-state index in [1.807, 2.05) is 0 Å². The van der Waals surface area contributed by atoms with Crippen LogP contribution >= 0.6 is 0 Å². The first-order chi connectivity index (χ1) is 9.15. The maximum atomic E-state index is 12.3. The van der Waals surface area contributed by atoms with Gasteiger partial charge in [0.15, 0.2) is 11.5 Å². The van der Waals surface area contributed by atoms with Crippen molar-refractivity contribution >= 4 is 11.9 Å². The fourth-order valence-electron chi connectivity index (χ4n) is 1.60. The Hall–Kier alpha value is -2.32. The average Bonchev–Trinajstić information content (AvgIpc) is 2.93. The lowest BCUT2D eigenvalue weighted by Crippen LogP contribution is -2.15. The Balaban J connectivity index is 1.74. The Morgan fingerprint density at radius 1 is 1.47 bits per heavy atom. The van der Waals surface area contributed by atoms with Crippen LogP contribution in [-0.4, -0.2) is 26.1 Å². The van der Waals surface area contributed by atoms with Crippen molar-refractivity contribution in [2.75, 3.05) is 5.32 Å². The number of carbonyl (C=O) groups is 1. The number of alkyl halides is 2. The van der Waals surface area contributed by atoms with E-state index >= 15 is 0 Å². The lowest BCUT2D eigenvalue weighted by Gasteiger charge is -2.02. The summed E-state index contributed by atoms with van der Waals surface area (Å²) in [5.41, 5.74) is 0. The maximum absolute atomic E-state index is 12.3. The van der Waals surface area contributed by atoms with E-state index in [0.717, 1.165) is 18.9 Å². The van der Waals surface area contributed by atoms with Crippen LogP contribution in [0.3, 0.4) is 0 Å². The molecule has 2 aromatic heterocycles. The van der Waals surface area contributed by atoms with Crippen molar-refractivity contribution in [1.29, 1.82) is 0 Å². The number of aromatic nitrogens is 4. The first-order valence-corrected chi connectivity index (χ1v) is 5.62. The third-order valence-corrected chi connectivity index (χ3v) is 2.68. The highest BCUT2D eigenvalue weighted by atomic mass is 19.3. The average molecular weight is 269 g/mol. The minimum atomic E-state index is -2.75. The number of furan rings is 1. The Bertz CT molecular complexity index is 605. The molecule has 0 aliphatic heterocycles. The second kappa shape index (κ2) is 4.41. The van der Waals surface area contributed by atoms with Gasteiger partial charge < -0.3 is 4.42 Å². The highest BCUT2D eigenvalue weighted by molar-refractivity contribution is 6.01. The van der Waals surface area contributed by atoms with Gasteiger partial charge in [-0.2, -0.15) is 0 Å². The van der Waals surface area contributed by atoms with Crippen LogP contribution in [-0.2, 0) is 0 Å². The van der Waals surface area contributed by atoms with E-state index in [2.05, 4.69) is 20.8 Å². The molecular weight excluding hydrogens is 260 g/mol. The number of hydrogen-bond acceptors (Lipinski definition) is 5. The molecule has 1 N–H and O–H groups in total. The van der Waals surface area contributed by atoms with Crippen LogP contribution in [0.25, 0.3) is 0 Å². The van der Waals surface area contributed by atoms with Crippen molar-refractivity contribution in [3.63, 3.8) is 0 Å². The Morgan fingerprint density at radius 3 is 2.89 bits per heavy atom. The summed E-state index contributed by atoms with van der Waals surface area (Å²) in [5.74, 6) is -1.24. The summed E-state index contributed by atoms with van der Waals surface area (Å²) in [7, 11) is 0. The van der Waals surface area contributed by atoms with E-state index in [9.17, 15) is 13.6 Å². The van der Waals surface area contributed by atoms with E-state index in [-0.39, 0.29) is 17.8 Å². The number of rotatable bonds is 4. The third-order valence-electron chi connectivity index (χ3n) is 2.68. The number of anilines is 1. The van der Waals surface area contributed by atoms with Crippen LogP contribution in [0.15, 0.2) is 16.5 Å². The van der Waals surface area contributed by atoms with E-state index < -0.39 is 18.1 Å². The summed E-state index contributed by atoms with van der Waals surface area (Å²) in [6.07, 6.45) is -0.854. The van der Waals surface area contributed by atoms with Crippen LogP contribution in [0.5, 0.6) is 0 Å². The van der Waals surface area contributed by atoms with Crippen molar-refractivity contribution in [1.82, 2.24) is 20.2 Å². The Labute approximate surface area is 105 Å². The second-order valence-corrected chi connectivity index (χ2v) is 4.14. The largest absolute Gasteiger partial charge is 0.450 e. The summed E-state index contributed by atoms with van der Waals surface area (Å²) in [6.45, 7) is 0. The van der Waals surface area contributed by atoms with Crippen LogP contribution in [0, 0.1) is 0 Å². The molecule has 9 heteroatoms. The Kier molecular flexibility index (Phi) is 2.73. The van der Waals surface area contributed by atoms with Gasteiger partial charge in [0.2, 0.25) is 5.95 Å². The molecule has 2 heterocycles. The van der Waals surface area contributed by atoms with Crippen molar-refractivity contribution in [2.24, 2.45) is 0 Å². The van der Waals surface area contributed by atoms with Gasteiger partial charge in [0.1, 0.15) is 0 Å². The van der Waals surface area contributed by atoms with Gasteiger partial charge in [0, 0.05) is 0 Å². The van der Waals surface area contributed by atoms with Crippen molar-refractivity contribution in [2.45, 2.75) is 25.3 Å². The zero-order valence-electron chi connectivity index (χ0n) is 9.58. The molecule has 100 valence electrons. The van der Waals surface area contributed by atoms with Crippen LogP contribution in [0.2, 0.25) is 0 Å². The molecule has 3 rings (SSSR count). The molecular formula is C10H9F2N5O2. The van der Waals surface area contributed by atoms with Crippen LogP contribution in [0.4, 0.5) is 14.7 Å².